The molecule has 0 saturated carbocycles. The lowest BCUT2D eigenvalue weighted by molar-refractivity contribution is -0.150. The van der Waals surface area contributed by atoms with Crippen LogP contribution in [0.1, 0.15) is 6.92 Å². The minimum atomic E-state index is -1.26. The molecule has 11 heteroatoms. The average Bonchev–Trinajstić information content (AvgIpc) is 2.68. The van der Waals surface area contributed by atoms with Gasteiger partial charge in [0, 0.05) is 35.5 Å². The predicted molar refractivity (Wildman–Crippen MR) is 101 cm³/mol. The molecule has 0 aliphatic carbocycles. The van der Waals surface area contributed by atoms with E-state index in [0.29, 0.717) is 11.3 Å². The second-order valence-corrected chi connectivity index (χ2v) is 8.12. The highest BCUT2D eigenvalue weighted by Gasteiger charge is 2.54. The van der Waals surface area contributed by atoms with Crippen LogP contribution in [0, 0.1) is 0 Å². The number of esters is 1. The van der Waals surface area contributed by atoms with Crippen LogP contribution in [0.3, 0.4) is 0 Å². The number of ether oxygens (including phenoxy) is 1. The van der Waals surface area contributed by atoms with Crippen molar-refractivity contribution >= 4 is 47.3 Å². The summed E-state index contributed by atoms with van der Waals surface area (Å²) in [5.41, 5.74) is 0.182. The van der Waals surface area contributed by atoms with E-state index in [4.69, 9.17) is 4.74 Å². The van der Waals surface area contributed by atoms with E-state index in [0.717, 1.165) is 9.80 Å². The fourth-order valence-corrected chi connectivity index (χ4v) is 4.80. The van der Waals surface area contributed by atoms with Crippen molar-refractivity contribution in [3.05, 3.63) is 35.8 Å². The first kappa shape index (κ1) is 20.2. The lowest BCUT2D eigenvalue weighted by Crippen LogP contribution is -2.70. The maximum Gasteiger partial charge on any atom is 0.352 e. The number of carbonyl (C=O) groups excluding carboxylic acids is 3. The third-order valence-electron chi connectivity index (χ3n) is 4.04. The smallest absolute Gasteiger partial charge is 0.352 e. The topological polar surface area (TPSA) is 126 Å². The Morgan fingerprint density at radius 2 is 2.11 bits per heavy atom. The molecule has 9 nitrogen and oxygen atoms in total. The number of fused-ring (bicyclic) bond motifs is 1. The Labute approximate surface area is 168 Å². The first-order valence-electron chi connectivity index (χ1n) is 8.24. The lowest BCUT2D eigenvalue weighted by Gasteiger charge is -2.49. The molecular formula is C17H17N3O6S2. The maximum absolute atomic E-state index is 12.5. The van der Waals surface area contributed by atoms with Crippen molar-refractivity contribution in [3.8, 4) is 0 Å². The lowest BCUT2D eigenvalue weighted by atomic mass is 10.0. The molecule has 0 aromatic carbocycles. The van der Waals surface area contributed by atoms with Gasteiger partial charge in [0.05, 0.1) is 5.75 Å². The summed E-state index contributed by atoms with van der Waals surface area (Å²) in [6.45, 7) is 1.05. The van der Waals surface area contributed by atoms with Crippen LogP contribution in [0.2, 0.25) is 0 Å². The molecule has 1 aromatic heterocycles. The van der Waals surface area contributed by atoms with Crippen LogP contribution in [0.15, 0.2) is 40.7 Å². The number of carboxylic acid groups (broad SMARTS) is 1. The van der Waals surface area contributed by atoms with Crippen molar-refractivity contribution in [2.45, 2.75) is 23.2 Å². The zero-order chi connectivity index (χ0) is 20.3. The molecule has 0 spiro atoms. The molecule has 0 radical (unpaired) electrons. The fraction of sp³-hybridized carbons (Fsp3) is 0.353. The molecule has 2 amide bonds. The van der Waals surface area contributed by atoms with Gasteiger partial charge in [-0.2, -0.15) is 0 Å². The SMILES string of the molecule is CC(=O)OCC1=C(C(=O)O)N2C(=O)C(NC(=O)CSc3ccncc3)[C@@H]2SC1. The molecule has 1 saturated heterocycles. The first-order valence-corrected chi connectivity index (χ1v) is 10.3. The normalized spacial score (nSPS) is 20.9. The molecular weight excluding hydrogens is 406 g/mol. The van der Waals surface area contributed by atoms with E-state index < -0.39 is 29.3 Å². The Hall–Kier alpha value is -2.53. The molecule has 1 unspecified atom stereocenters. The van der Waals surface area contributed by atoms with Crippen molar-refractivity contribution in [2.24, 2.45) is 0 Å². The summed E-state index contributed by atoms with van der Waals surface area (Å²) >= 11 is 2.64. The monoisotopic (exact) mass is 423 g/mol. The number of carboxylic acids is 1. The van der Waals surface area contributed by atoms with Gasteiger partial charge < -0.3 is 15.2 Å². The van der Waals surface area contributed by atoms with Gasteiger partial charge in [0.2, 0.25) is 5.91 Å². The van der Waals surface area contributed by atoms with Crippen LogP contribution in [-0.2, 0) is 23.9 Å². The number of pyridine rings is 1. The van der Waals surface area contributed by atoms with Crippen molar-refractivity contribution in [2.75, 3.05) is 18.1 Å². The van der Waals surface area contributed by atoms with Crippen LogP contribution in [0.4, 0.5) is 0 Å². The summed E-state index contributed by atoms with van der Waals surface area (Å²) in [5.74, 6) is -2.18. The molecule has 3 rings (SSSR count). The van der Waals surface area contributed by atoms with Crippen molar-refractivity contribution < 1.29 is 29.0 Å². The number of aliphatic carboxylic acids is 1. The Balaban J connectivity index is 1.62. The number of thioether (sulfide) groups is 2. The van der Waals surface area contributed by atoms with Gasteiger partial charge in [0.15, 0.2) is 0 Å². The Kier molecular flexibility index (Phi) is 6.25. The van der Waals surface area contributed by atoms with Gasteiger partial charge in [0.1, 0.15) is 23.7 Å². The van der Waals surface area contributed by atoms with E-state index in [1.807, 2.05) is 0 Å². The highest BCUT2D eigenvalue weighted by atomic mass is 32.2. The molecule has 3 heterocycles. The van der Waals surface area contributed by atoms with Crippen LogP contribution in [0.25, 0.3) is 0 Å². The summed E-state index contributed by atoms with van der Waals surface area (Å²) in [7, 11) is 0. The third-order valence-corrected chi connectivity index (χ3v) is 6.39. The summed E-state index contributed by atoms with van der Waals surface area (Å²) in [6.07, 6.45) is 3.25. The number of rotatable bonds is 7. The van der Waals surface area contributed by atoms with Gasteiger partial charge in [-0.15, -0.1) is 23.5 Å². The molecule has 0 bridgehead atoms. The number of carbonyl (C=O) groups is 4. The summed E-state index contributed by atoms with van der Waals surface area (Å²) < 4.78 is 4.88. The van der Waals surface area contributed by atoms with E-state index in [2.05, 4.69) is 10.3 Å². The van der Waals surface area contributed by atoms with E-state index in [-0.39, 0.29) is 24.0 Å². The minimum absolute atomic E-state index is 0.129. The van der Waals surface area contributed by atoms with Crippen molar-refractivity contribution in [3.63, 3.8) is 0 Å². The van der Waals surface area contributed by atoms with Gasteiger partial charge in [0.25, 0.3) is 5.91 Å². The standard InChI is InChI=1S/C17H17N3O6S2/c1-9(21)26-6-10-7-28-16-13(15(23)20(16)14(10)17(24)25)19-12(22)8-27-11-2-4-18-5-3-11/h2-5,13,16H,6-8H2,1H3,(H,19,22)(H,24,25)/t13?,16-/m0/s1. The van der Waals surface area contributed by atoms with Crippen LogP contribution in [0.5, 0.6) is 0 Å². The number of β-lactam (4-membered cyclic amide) rings is 1. The highest BCUT2D eigenvalue weighted by Crippen LogP contribution is 2.40. The number of amides is 2. The zero-order valence-electron chi connectivity index (χ0n) is 14.8. The molecule has 1 fully saturated rings. The van der Waals surface area contributed by atoms with Gasteiger partial charge in [-0.3, -0.25) is 24.3 Å². The summed E-state index contributed by atoms with van der Waals surface area (Å²) in [5, 5.41) is 11.7. The second kappa shape index (κ2) is 8.65. The maximum atomic E-state index is 12.5. The molecule has 148 valence electrons. The van der Waals surface area contributed by atoms with Crippen LogP contribution >= 0.6 is 23.5 Å². The predicted octanol–water partition coefficient (Wildman–Crippen LogP) is 0.475. The summed E-state index contributed by atoms with van der Waals surface area (Å²) in [4.78, 5) is 53.2. The number of hydrogen-bond donors (Lipinski definition) is 2. The molecule has 28 heavy (non-hydrogen) atoms. The largest absolute Gasteiger partial charge is 0.477 e. The third kappa shape index (κ3) is 4.30. The molecule has 1 aromatic rings. The first-order chi connectivity index (χ1) is 13.4. The van der Waals surface area contributed by atoms with E-state index in [9.17, 15) is 24.3 Å². The number of nitrogens with zero attached hydrogens (tertiary/aromatic N) is 2. The molecule has 2 aliphatic heterocycles. The molecule has 2 atom stereocenters. The van der Waals surface area contributed by atoms with Gasteiger partial charge in [-0.1, -0.05) is 0 Å². The summed E-state index contributed by atoms with van der Waals surface area (Å²) in [6, 6.07) is 2.78. The quantitative estimate of drug-likeness (QED) is 0.366. The van der Waals surface area contributed by atoms with Crippen molar-refractivity contribution in [1.29, 1.82) is 0 Å². The Morgan fingerprint density at radius 1 is 1.39 bits per heavy atom. The Morgan fingerprint density at radius 3 is 2.75 bits per heavy atom. The number of hydrogen-bond acceptors (Lipinski definition) is 8. The average molecular weight is 423 g/mol. The van der Waals surface area contributed by atoms with Gasteiger partial charge in [-0.05, 0) is 12.1 Å². The van der Waals surface area contributed by atoms with Crippen LogP contribution < -0.4 is 5.32 Å². The van der Waals surface area contributed by atoms with Gasteiger partial charge in [-0.25, -0.2) is 4.79 Å². The highest BCUT2D eigenvalue weighted by molar-refractivity contribution is 8.00. The van der Waals surface area contributed by atoms with E-state index in [1.54, 1.807) is 24.5 Å². The number of nitrogens with one attached hydrogen (secondary N) is 1. The zero-order valence-corrected chi connectivity index (χ0v) is 16.4. The number of aromatic nitrogens is 1. The van der Waals surface area contributed by atoms with Crippen LogP contribution in [-0.4, -0.2) is 68.3 Å². The molecule has 2 aliphatic rings. The molecule has 2 N–H and O–H groups in total. The van der Waals surface area contributed by atoms with E-state index >= 15 is 0 Å². The Bertz CT molecular complexity index is 845. The van der Waals surface area contributed by atoms with Crippen molar-refractivity contribution in [1.82, 2.24) is 15.2 Å². The van der Waals surface area contributed by atoms with E-state index in [1.165, 1.54) is 30.4 Å². The minimum Gasteiger partial charge on any atom is -0.477 e. The van der Waals surface area contributed by atoms with Gasteiger partial charge >= 0.3 is 11.9 Å². The second-order valence-electron chi connectivity index (χ2n) is 5.96. The fourth-order valence-electron chi connectivity index (χ4n) is 2.78.